The van der Waals surface area contributed by atoms with E-state index in [4.69, 9.17) is 5.73 Å². The lowest BCUT2D eigenvalue weighted by Crippen LogP contribution is -2.17. The highest BCUT2D eigenvalue weighted by molar-refractivity contribution is 7.05. The highest BCUT2D eigenvalue weighted by Crippen LogP contribution is 2.06. The number of nitrogens with zero attached hydrogens (tertiary/aromatic N) is 2. The summed E-state index contributed by atoms with van der Waals surface area (Å²) in [5, 5.41) is 1.05. The van der Waals surface area contributed by atoms with E-state index in [2.05, 4.69) is 16.3 Å². The second kappa shape index (κ2) is 3.78. The van der Waals surface area contributed by atoms with Crippen molar-refractivity contribution >= 4 is 11.5 Å². The first-order valence-corrected chi connectivity index (χ1v) is 4.56. The van der Waals surface area contributed by atoms with Crippen LogP contribution in [0, 0.1) is 0 Å². The monoisotopic (exact) mass is 171 g/mol. The molecule has 0 aliphatic heterocycles. The van der Waals surface area contributed by atoms with Crippen LogP contribution >= 0.6 is 11.5 Å². The van der Waals surface area contributed by atoms with Crippen molar-refractivity contribution in [3.63, 3.8) is 0 Å². The van der Waals surface area contributed by atoms with Gasteiger partial charge in [-0.05, 0) is 18.5 Å². The molecule has 1 aromatic rings. The van der Waals surface area contributed by atoms with Crippen molar-refractivity contribution in [1.82, 2.24) is 9.36 Å². The second-order valence-corrected chi connectivity index (χ2v) is 3.48. The molecule has 1 aromatic heterocycles. The summed E-state index contributed by atoms with van der Waals surface area (Å²) < 4.78 is 4.16. The summed E-state index contributed by atoms with van der Waals surface area (Å²) in [6.45, 7) is 4.03. The molecule has 1 unspecified atom stereocenters. The molecule has 2 N–H and O–H groups in total. The molecule has 0 aliphatic rings. The standard InChI is InChI=1S/C7H13N3S/c1-3-6-9-7(11-10-6)4-5(2)8/h5H,3-4,8H2,1-2H3. The van der Waals surface area contributed by atoms with Crippen LogP contribution in [0.25, 0.3) is 0 Å². The van der Waals surface area contributed by atoms with Gasteiger partial charge in [0.1, 0.15) is 10.8 Å². The number of aromatic nitrogens is 2. The largest absolute Gasteiger partial charge is 0.328 e. The molecule has 0 amide bonds. The lowest BCUT2D eigenvalue weighted by atomic mass is 10.3. The molecule has 4 heteroatoms. The fraction of sp³-hybridized carbons (Fsp3) is 0.714. The Labute approximate surface area is 70.8 Å². The Balaban J connectivity index is 2.58. The third kappa shape index (κ3) is 2.55. The predicted molar refractivity (Wildman–Crippen MR) is 46.6 cm³/mol. The van der Waals surface area contributed by atoms with E-state index in [1.54, 1.807) is 0 Å². The third-order valence-electron chi connectivity index (χ3n) is 1.32. The van der Waals surface area contributed by atoms with Crippen molar-refractivity contribution in [2.24, 2.45) is 5.73 Å². The SMILES string of the molecule is CCc1nsc(CC(C)N)n1. The lowest BCUT2D eigenvalue weighted by Gasteiger charge is -1.97. The number of hydrogen-bond acceptors (Lipinski definition) is 4. The maximum Gasteiger partial charge on any atom is 0.142 e. The van der Waals surface area contributed by atoms with E-state index in [1.807, 2.05) is 6.92 Å². The number of hydrogen-bond donors (Lipinski definition) is 1. The van der Waals surface area contributed by atoms with Crippen LogP contribution in [0.3, 0.4) is 0 Å². The summed E-state index contributed by atoms with van der Waals surface area (Å²) in [4.78, 5) is 4.30. The van der Waals surface area contributed by atoms with Crippen LogP contribution in [0.1, 0.15) is 24.7 Å². The molecule has 0 aliphatic carbocycles. The average Bonchev–Trinajstić information content (AvgIpc) is 2.34. The Kier molecular flexibility index (Phi) is 2.96. The van der Waals surface area contributed by atoms with E-state index in [-0.39, 0.29) is 6.04 Å². The van der Waals surface area contributed by atoms with Crippen molar-refractivity contribution in [3.8, 4) is 0 Å². The first kappa shape index (κ1) is 8.62. The third-order valence-corrected chi connectivity index (χ3v) is 2.09. The van der Waals surface area contributed by atoms with Gasteiger partial charge in [0.05, 0.1) is 0 Å². The van der Waals surface area contributed by atoms with Crippen LogP contribution in [-0.4, -0.2) is 15.4 Å². The zero-order valence-electron chi connectivity index (χ0n) is 6.87. The Morgan fingerprint density at radius 3 is 2.82 bits per heavy atom. The zero-order valence-corrected chi connectivity index (χ0v) is 7.69. The van der Waals surface area contributed by atoms with Crippen LogP contribution < -0.4 is 5.73 Å². The topological polar surface area (TPSA) is 51.8 Å². The fourth-order valence-corrected chi connectivity index (χ4v) is 1.66. The molecule has 1 atom stereocenters. The zero-order chi connectivity index (χ0) is 8.27. The summed E-state index contributed by atoms with van der Waals surface area (Å²) >= 11 is 1.46. The molecule has 62 valence electrons. The lowest BCUT2D eigenvalue weighted by molar-refractivity contribution is 0.730. The second-order valence-electron chi connectivity index (χ2n) is 2.64. The van der Waals surface area contributed by atoms with Gasteiger partial charge in [-0.3, -0.25) is 0 Å². The minimum atomic E-state index is 0.188. The maximum absolute atomic E-state index is 5.61. The van der Waals surface area contributed by atoms with Gasteiger partial charge >= 0.3 is 0 Å². The normalized spacial score (nSPS) is 13.4. The Hall–Kier alpha value is -0.480. The fourth-order valence-electron chi connectivity index (χ4n) is 0.792. The van der Waals surface area contributed by atoms with E-state index < -0.39 is 0 Å². The van der Waals surface area contributed by atoms with Gasteiger partial charge in [0.15, 0.2) is 0 Å². The molecular formula is C7H13N3S. The number of nitrogens with two attached hydrogens (primary N) is 1. The van der Waals surface area contributed by atoms with Crippen molar-refractivity contribution < 1.29 is 0 Å². The van der Waals surface area contributed by atoms with Crippen molar-refractivity contribution in [3.05, 3.63) is 10.8 Å². The summed E-state index contributed by atoms with van der Waals surface area (Å²) in [7, 11) is 0. The van der Waals surface area contributed by atoms with Crippen LogP contribution in [0.5, 0.6) is 0 Å². The van der Waals surface area contributed by atoms with E-state index >= 15 is 0 Å². The molecule has 0 aromatic carbocycles. The average molecular weight is 171 g/mol. The van der Waals surface area contributed by atoms with Crippen LogP contribution in [0.15, 0.2) is 0 Å². The minimum Gasteiger partial charge on any atom is -0.328 e. The van der Waals surface area contributed by atoms with E-state index in [0.29, 0.717) is 0 Å². The molecule has 1 rings (SSSR count). The summed E-state index contributed by atoms with van der Waals surface area (Å²) in [6.07, 6.45) is 1.76. The van der Waals surface area contributed by atoms with Crippen molar-refractivity contribution in [2.75, 3.05) is 0 Å². The van der Waals surface area contributed by atoms with Crippen LogP contribution in [-0.2, 0) is 12.8 Å². The maximum atomic E-state index is 5.61. The minimum absolute atomic E-state index is 0.188. The number of aryl methyl sites for hydroxylation is 1. The first-order valence-electron chi connectivity index (χ1n) is 3.79. The number of rotatable bonds is 3. The molecule has 0 fully saturated rings. The molecule has 0 saturated heterocycles. The highest BCUT2D eigenvalue weighted by Gasteiger charge is 2.03. The van der Waals surface area contributed by atoms with Crippen LogP contribution in [0.2, 0.25) is 0 Å². The molecule has 0 saturated carbocycles. The van der Waals surface area contributed by atoms with Crippen LogP contribution in [0.4, 0.5) is 0 Å². The Morgan fingerprint density at radius 1 is 1.64 bits per heavy atom. The van der Waals surface area contributed by atoms with Gasteiger partial charge in [0.25, 0.3) is 0 Å². The first-order chi connectivity index (χ1) is 5.22. The van der Waals surface area contributed by atoms with Crippen molar-refractivity contribution in [1.29, 1.82) is 0 Å². The van der Waals surface area contributed by atoms with E-state index in [9.17, 15) is 0 Å². The smallest absolute Gasteiger partial charge is 0.142 e. The summed E-state index contributed by atoms with van der Waals surface area (Å²) in [5.41, 5.74) is 5.61. The predicted octanol–water partition coefficient (Wildman–Crippen LogP) is 0.990. The van der Waals surface area contributed by atoms with Gasteiger partial charge < -0.3 is 5.73 Å². The van der Waals surface area contributed by atoms with Gasteiger partial charge in [-0.1, -0.05) is 6.92 Å². The van der Waals surface area contributed by atoms with Gasteiger partial charge in [0.2, 0.25) is 0 Å². The molecular weight excluding hydrogens is 158 g/mol. The van der Waals surface area contributed by atoms with E-state index in [1.165, 1.54) is 11.5 Å². The van der Waals surface area contributed by atoms with Gasteiger partial charge in [-0.25, -0.2) is 4.98 Å². The van der Waals surface area contributed by atoms with Gasteiger partial charge in [-0.2, -0.15) is 4.37 Å². The summed E-state index contributed by atoms with van der Waals surface area (Å²) in [6, 6.07) is 0.188. The molecule has 3 nitrogen and oxygen atoms in total. The summed E-state index contributed by atoms with van der Waals surface area (Å²) in [5.74, 6) is 0.936. The quantitative estimate of drug-likeness (QED) is 0.738. The molecule has 1 heterocycles. The Morgan fingerprint density at radius 2 is 2.36 bits per heavy atom. The van der Waals surface area contributed by atoms with E-state index in [0.717, 1.165) is 23.7 Å². The highest BCUT2D eigenvalue weighted by atomic mass is 32.1. The van der Waals surface area contributed by atoms with Crippen molar-refractivity contribution in [2.45, 2.75) is 32.7 Å². The van der Waals surface area contributed by atoms with Gasteiger partial charge in [0, 0.05) is 18.9 Å². The molecule has 0 radical (unpaired) electrons. The van der Waals surface area contributed by atoms with Gasteiger partial charge in [-0.15, -0.1) is 0 Å². The molecule has 0 bridgehead atoms. The Bertz CT molecular complexity index is 219. The molecule has 0 spiro atoms. The molecule has 11 heavy (non-hydrogen) atoms.